The summed E-state index contributed by atoms with van der Waals surface area (Å²) >= 11 is 1.75. The fourth-order valence-electron chi connectivity index (χ4n) is 1.07. The van der Waals surface area contributed by atoms with Crippen LogP contribution >= 0.6 is 11.8 Å². The van der Waals surface area contributed by atoms with Crippen LogP contribution in [-0.2, 0) is 0 Å². The second kappa shape index (κ2) is 5.66. The highest BCUT2D eigenvalue weighted by Crippen LogP contribution is 2.26. The number of aryl methyl sites for hydroxylation is 1. The van der Waals surface area contributed by atoms with Gasteiger partial charge in [-0.2, -0.15) is 0 Å². The van der Waals surface area contributed by atoms with E-state index in [-0.39, 0.29) is 0 Å². The zero-order valence-electron chi connectivity index (χ0n) is 8.82. The fraction of sp³-hybridized carbons (Fsp3) is 0.250. The molecule has 2 heteroatoms. The molecule has 0 unspecified atom stereocenters. The van der Waals surface area contributed by atoms with E-state index in [2.05, 4.69) is 43.1 Å². The molecule has 0 aromatic heterocycles. The Kier molecular flexibility index (Phi) is 4.47. The van der Waals surface area contributed by atoms with Crippen LogP contribution in [0.4, 0.5) is 0 Å². The molecule has 0 saturated heterocycles. The Balaban J connectivity index is 2.69. The van der Waals surface area contributed by atoms with Crippen LogP contribution in [0.3, 0.4) is 0 Å². The standard InChI is InChI=1S/C12H15NS/c1-4-13-9-11(3)14-12-7-5-6-10(2)8-12/h4-9H,1-3H3/b11-9+,13-4?. The number of hydrogen-bond donors (Lipinski definition) is 0. The minimum absolute atomic E-state index is 1.20. The van der Waals surface area contributed by atoms with Crippen LogP contribution in [0.15, 0.2) is 45.3 Å². The fourth-order valence-corrected chi connectivity index (χ4v) is 1.95. The molecule has 0 heterocycles. The van der Waals surface area contributed by atoms with E-state index in [1.165, 1.54) is 15.4 Å². The highest BCUT2D eigenvalue weighted by Gasteiger charge is 1.94. The number of benzene rings is 1. The van der Waals surface area contributed by atoms with Gasteiger partial charge in [-0.15, -0.1) is 0 Å². The van der Waals surface area contributed by atoms with E-state index >= 15 is 0 Å². The second-order valence-corrected chi connectivity index (χ2v) is 4.39. The first kappa shape index (κ1) is 11.1. The predicted octanol–water partition coefficient (Wildman–Crippen LogP) is 4.04. The summed E-state index contributed by atoms with van der Waals surface area (Å²) in [6.07, 6.45) is 3.67. The molecular formula is C12H15NS. The second-order valence-electron chi connectivity index (χ2n) is 3.07. The third-order valence-corrected chi connectivity index (χ3v) is 2.59. The van der Waals surface area contributed by atoms with Crippen molar-refractivity contribution in [2.45, 2.75) is 25.7 Å². The summed E-state index contributed by atoms with van der Waals surface area (Å²) in [6, 6.07) is 8.48. The minimum atomic E-state index is 1.20. The minimum Gasteiger partial charge on any atom is -0.269 e. The number of allylic oxidation sites excluding steroid dienone is 1. The van der Waals surface area contributed by atoms with Crippen molar-refractivity contribution in [1.29, 1.82) is 0 Å². The maximum Gasteiger partial charge on any atom is 0.0359 e. The Labute approximate surface area is 89.9 Å². The Morgan fingerprint density at radius 1 is 1.43 bits per heavy atom. The maximum atomic E-state index is 4.08. The van der Waals surface area contributed by atoms with E-state index in [0.717, 1.165) is 0 Å². The zero-order valence-corrected chi connectivity index (χ0v) is 9.64. The molecule has 1 aromatic carbocycles. The lowest BCUT2D eigenvalue weighted by Crippen LogP contribution is -1.74. The number of aliphatic imine (C=N–C) groups is 1. The van der Waals surface area contributed by atoms with Gasteiger partial charge < -0.3 is 0 Å². The van der Waals surface area contributed by atoms with Gasteiger partial charge in [0, 0.05) is 22.2 Å². The van der Waals surface area contributed by atoms with E-state index in [1.54, 1.807) is 18.0 Å². The zero-order chi connectivity index (χ0) is 10.4. The van der Waals surface area contributed by atoms with Gasteiger partial charge in [-0.05, 0) is 32.9 Å². The Morgan fingerprint density at radius 2 is 2.21 bits per heavy atom. The van der Waals surface area contributed by atoms with Crippen molar-refractivity contribution in [2.75, 3.05) is 0 Å². The first-order chi connectivity index (χ1) is 6.72. The summed E-state index contributed by atoms with van der Waals surface area (Å²) in [7, 11) is 0. The number of thioether (sulfide) groups is 1. The molecule has 0 fully saturated rings. The highest BCUT2D eigenvalue weighted by molar-refractivity contribution is 8.03. The molecule has 0 amide bonds. The summed E-state index contributed by atoms with van der Waals surface area (Å²) in [5.74, 6) is 0. The Hall–Kier alpha value is -1.02. The summed E-state index contributed by atoms with van der Waals surface area (Å²) in [4.78, 5) is 6.55. The first-order valence-corrected chi connectivity index (χ1v) is 5.43. The van der Waals surface area contributed by atoms with Crippen molar-refractivity contribution in [3.05, 3.63) is 40.9 Å². The van der Waals surface area contributed by atoms with Crippen molar-refractivity contribution in [1.82, 2.24) is 0 Å². The van der Waals surface area contributed by atoms with Crippen molar-refractivity contribution < 1.29 is 0 Å². The van der Waals surface area contributed by atoms with Crippen molar-refractivity contribution >= 4 is 18.0 Å². The predicted molar refractivity (Wildman–Crippen MR) is 65.0 cm³/mol. The van der Waals surface area contributed by atoms with Crippen molar-refractivity contribution in [3.63, 3.8) is 0 Å². The van der Waals surface area contributed by atoms with Gasteiger partial charge in [0.25, 0.3) is 0 Å². The SMILES string of the molecule is CC=N/C=C(\C)Sc1cccc(C)c1. The van der Waals surface area contributed by atoms with Crippen LogP contribution in [0.5, 0.6) is 0 Å². The monoisotopic (exact) mass is 205 g/mol. The van der Waals surface area contributed by atoms with Gasteiger partial charge in [-0.3, -0.25) is 4.99 Å². The Bertz CT molecular complexity index is 353. The van der Waals surface area contributed by atoms with E-state index in [1.807, 2.05) is 13.1 Å². The lowest BCUT2D eigenvalue weighted by Gasteiger charge is -2.01. The van der Waals surface area contributed by atoms with Crippen LogP contribution in [-0.4, -0.2) is 6.21 Å². The third kappa shape index (κ3) is 3.79. The van der Waals surface area contributed by atoms with E-state index in [0.29, 0.717) is 0 Å². The number of rotatable bonds is 3. The topological polar surface area (TPSA) is 12.4 Å². The van der Waals surface area contributed by atoms with Crippen LogP contribution in [0, 0.1) is 6.92 Å². The molecular weight excluding hydrogens is 190 g/mol. The van der Waals surface area contributed by atoms with Crippen LogP contribution in [0.1, 0.15) is 19.4 Å². The van der Waals surface area contributed by atoms with Gasteiger partial charge in [0.15, 0.2) is 0 Å². The molecule has 0 aliphatic carbocycles. The molecule has 0 aliphatic rings. The maximum absolute atomic E-state index is 4.08. The molecule has 14 heavy (non-hydrogen) atoms. The van der Waals surface area contributed by atoms with Gasteiger partial charge in [-0.1, -0.05) is 29.5 Å². The summed E-state index contributed by atoms with van der Waals surface area (Å²) < 4.78 is 0. The van der Waals surface area contributed by atoms with Gasteiger partial charge >= 0.3 is 0 Å². The molecule has 0 radical (unpaired) electrons. The summed E-state index contributed by atoms with van der Waals surface area (Å²) in [5.41, 5.74) is 1.29. The summed E-state index contributed by atoms with van der Waals surface area (Å²) in [5, 5.41) is 0. The average molecular weight is 205 g/mol. The van der Waals surface area contributed by atoms with E-state index in [4.69, 9.17) is 0 Å². The van der Waals surface area contributed by atoms with Crippen molar-refractivity contribution in [2.24, 2.45) is 4.99 Å². The molecule has 1 nitrogen and oxygen atoms in total. The molecule has 0 saturated carbocycles. The molecule has 1 aromatic rings. The third-order valence-electron chi connectivity index (χ3n) is 1.67. The quantitative estimate of drug-likeness (QED) is 0.536. The lowest BCUT2D eigenvalue weighted by atomic mass is 10.2. The smallest absolute Gasteiger partial charge is 0.0359 e. The van der Waals surface area contributed by atoms with Crippen molar-refractivity contribution in [3.8, 4) is 0 Å². The molecule has 0 bridgehead atoms. The summed E-state index contributed by atoms with van der Waals surface area (Å²) in [6.45, 7) is 6.09. The number of nitrogens with zero attached hydrogens (tertiary/aromatic N) is 1. The highest BCUT2D eigenvalue weighted by atomic mass is 32.2. The van der Waals surface area contributed by atoms with E-state index in [9.17, 15) is 0 Å². The molecule has 0 N–H and O–H groups in total. The Morgan fingerprint density at radius 3 is 2.86 bits per heavy atom. The first-order valence-electron chi connectivity index (χ1n) is 4.61. The molecule has 1 rings (SSSR count). The molecule has 74 valence electrons. The van der Waals surface area contributed by atoms with Gasteiger partial charge in [-0.25, -0.2) is 0 Å². The average Bonchev–Trinajstić information content (AvgIpc) is 2.15. The van der Waals surface area contributed by atoms with Gasteiger partial charge in [0.1, 0.15) is 0 Å². The molecule has 0 atom stereocenters. The van der Waals surface area contributed by atoms with Crippen LogP contribution in [0.25, 0.3) is 0 Å². The lowest BCUT2D eigenvalue weighted by molar-refractivity contribution is 1.36. The van der Waals surface area contributed by atoms with E-state index < -0.39 is 0 Å². The van der Waals surface area contributed by atoms with Crippen LogP contribution < -0.4 is 0 Å². The molecule has 0 aliphatic heterocycles. The largest absolute Gasteiger partial charge is 0.269 e. The van der Waals surface area contributed by atoms with Gasteiger partial charge in [0.2, 0.25) is 0 Å². The number of hydrogen-bond acceptors (Lipinski definition) is 2. The van der Waals surface area contributed by atoms with Crippen LogP contribution in [0.2, 0.25) is 0 Å². The normalized spacial score (nSPS) is 12.4. The van der Waals surface area contributed by atoms with Gasteiger partial charge in [0.05, 0.1) is 0 Å². The molecule has 0 spiro atoms.